The monoisotopic (exact) mass is 358 g/mol. The van der Waals surface area contributed by atoms with Gasteiger partial charge in [-0.25, -0.2) is 0 Å². The molecule has 1 N–H and O–H groups in total. The Morgan fingerprint density at radius 1 is 1.42 bits per heavy atom. The van der Waals surface area contributed by atoms with Crippen LogP contribution in [0.5, 0.6) is 11.5 Å². The van der Waals surface area contributed by atoms with Crippen molar-refractivity contribution in [1.82, 2.24) is 10.2 Å². The number of likely N-dealkylation sites (N-methyl/N-ethyl adjacent to an activating group) is 1. The number of carbonyl (C=O) groups excluding carboxylic acids is 2. The highest BCUT2D eigenvalue weighted by atomic mass is 16.6. The predicted octanol–water partition coefficient (Wildman–Crippen LogP) is 0.734. The second kappa shape index (κ2) is 4.98. The molecule has 1 saturated heterocycles. The van der Waals surface area contributed by atoms with Crippen molar-refractivity contribution in [2.45, 2.75) is 49.5 Å². The van der Waals surface area contributed by atoms with Gasteiger partial charge in [-0.2, -0.15) is 0 Å². The fourth-order valence-electron chi connectivity index (χ4n) is 5.66. The summed E-state index contributed by atoms with van der Waals surface area (Å²) in [7, 11) is 3.61. The molecule has 2 fully saturated rings. The maximum Gasteiger partial charge on any atom is 0.303 e. The third kappa shape index (κ3) is 1.61. The standard InChI is InChI=1S/C19H22N2O5/c1-10(22)26-18-7-6-12(23)17-19(18)15-11(8-14(18)21(2)9-20-19)4-5-13(24-3)16(15)25-17/h4-5,14,17,20H,6-9H2,1-3H3/t14-,17+,18-,19-/m1/s1. The molecule has 4 aliphatic rings. The largest absolute Gasteiger partial charge is 0.493 e. The van der Waals surface area contributed by atoms with E-state index in [9.17, 15) is 9.59 Å². The van der Waals surface area contributed by atoms with Gasteiger partial charge in [-0.3, -0.25) is 19.8 Å². The van der Waals surface area contributed by atoms with Crippen molar-refractivity contribution in [1.29, 1.82) is 0 Å². The number of nitrogens with one attached hydrogen (secondary N) is 1. The fraction of sp³-hybridized carbons (Fsp3) is 0.579. The van der Waals surface area contributed by atoms with Gasteiger partial charge in [0.05, 0.1) is 13.2 Å². The zero-order valence-corrected chi connectivity index (χ0v) is 15.1. The Labute approximate surface area is 151 Å². The fourth-order valence-corrected chi connectivity index (χ4v) is 5.66. The molecule has 1 aromatic carbocycles. The molecule has 2 bridgehead atoms. The molecule has 2 aliphatic heterocycles. The first-order valence-electron chi connectivity index (χ1n) is 8.99. The van der Waals surface area contributed by atoms with E-state index < -0.39 is 17.2 Å². The molecule has 1 spiro atoms. The summed E-state index contributed by atoms with van der Waals surface area (Å²) >= 11 is 0. The first-order chi connectivity index (χ1) is 12.4. The molecule has 0 unspecified atom stereocenters. The number of hydrogen-bond donors (Lipinski definition) is 1. The van der Waals surface area contributed by atoms with Gasteiger partial charge in [0.25, 0.3) is 0 Å². The summed E-state index contributed by atoms with van der Waals surface area (Å²) in [5.41, 5.74) is 0.350. The summed E-state index contributed by atoms with van der Waals surface area (Å²) in [6.45, 7) is 2.03. The minimum absolute atomic E-state index is 0.0151. The topological polar surface area (TPSA) is 77.1 Å². The normalized spacial score (nSPS) is 37.0. The van der Waals surface area contributed by atoms with Crippen LogP contribution in [0.1, 0.15) is 30.9 Å². The second-order valence-corrected chi connectivity index (χ2v) is 7.70. The molecule has 0 radical (unpaired) electrons. The molecule has 2 heterocycles. The van der Waals surface area contributed by atoms with Gasteiger partial charge in [0.15, 0.2) is 29.0 Å². The molecule has 1 aromatic rings. The third-order valence-electron chi connectivity index (χ3n) is 6.57. The quantitative estimate of drug-likeness (QED) is 0.781. The maximum atomic E-state index is 12.9. The Balaban J connectivity index is 1.85. The summed E-state index contributed by atoms with van der Waals surface area (Å²) in [6.07, 6.45) is 0.849. The Hall–Kier alpha value is -2.12. The zero-order valence-electron chi connectivity index (χ0n) is 15.1. The van der Waals surface area contributed by atoms with E-state index in [0.29, 0.717) is 31.0 Å². The van der Waals surface area contributed by atoms with Crippen LogP contribution in [0, 0.1) is 0 Å². The van der Waals surface area contributed by atoms with Crippen LogP contribution in [0.2, 0.25) is 0 Å². The molecule has 1 saturated carbocycles. The molecule has 7 heteroatoms. The van der Waals surface area contributed by atoms with E-state index in [-0.39, 0.29) is 17.8 Å². The lowest BCUT2D eigenvalue weighted by Crippen LogP contribution is -2.82. The maximum absolute atomic E-state index is 12.9. The Morgan fingerprint density at radius 2 is 2.23 bits per heavy atom. The second-order valence-electron chi connectivity index (χ2n) is 7.70. The first kappa shape index (κ1) is 16.1. The number of benzene rings is 1. The third-order valence-corrected chi connectivity index (χ3v) is 6.57. The molecule has 0 aromatic heterocycles. The number of nitrogens with zero attached hydrogens (tertiary/aromatic N) is 1. The number of esters is 1. The lowest BCUT2D eigenvalue weighted by molar-refractivity contribution is -0.219. The highest BCUT2D eigenvalue weighted by Gasteiger charge is 2.75. The van der Waals surface area contributed by atoms with Gasteiger partial charge in [-0.15, -0.1) is 0 Å². The average Bonchev–Trinajstić information content (AvgIpc) is 2.96. The van der Waals surface area contributed by atoms with Crippen molar-refractivity contribution in [2.24, 2.45) is 0 Å². The number of ketones is 1. The first-order valence-corrected chi connectivity index (χ1v) is 8.99. The highest BCUT2D eigenvalue weighted by Crippen LogP contribution is 2.62. The average molecular weight is 358 g/mol. The van der Waals surface area contributed by atoms with Crippen molar-refractivity contribution in [3.05, 3.63) is 23.3 Å². The molecule has 0 amide bonds. The van der Waals surface area contributed by atoms with E-state index in [4.69, 9.17) is 14.2 Å². The van der Waals surface area contributed by atoms with E-state index in [1.165, 1.54) is 6.92 Å². The van der Waals surface area contributed by atoms with E-state index >= 15 is 0 Å². The Kier molecular flexibility index (Phi) is 3.08. The summed E-state index contributed by atoms with van der Waals surface area (Å²) in [5, 5.41) is 3.55. The predicted molar refractivity (Wildman–Crippen MR) is 91.1 cm³/mol. The molecule has 4 atom stereocenters. The van der Waals surface area contributed by atoms with Crippen LogP contribution in [0.15, 0.2) is 12.1 Å². The van der Waals surface area contributed by atoms with Crippen molar-refractivity contribution in [2.75, 3.05) is 20.8 Å². The zero-order chi connectivity index (χ0) is 18.3. The van der Waals surface area contributed by atoms with Crippen LogP contribution < -0.4 is 14.8 Å². The molecule has 138 valence electrons. The number of hydrogen-bond acceptors (Lipinski definition) is 7. The minimum Gasteiger partial charge on any atom is -0.493 e. The van der Waals surface area contributed by atoms with Crippen molar-refractivity contribution < 1.29 is 23.8 Å². The lowest BCUT2D eigenvalue weighted by Gasteiger charge is -2.63. The smallest absolute Gasteiger partial charge is 0.303 e. The molecule has 2 aliphatic carbocycles. The van der Waals surface area contributed by atoms with E-state index in [0.717, 1.165) is 17.5 Å². The SMILES string of the molecule is COc1ccc2c3c1O[C@H]1C(=O)CC[C@@]4(OC(C)=O)[C@@H](C2)N(C)CN[C@]314. The number of ether oxygens (including phenoxy) is 3. The van der Waals surface area contributed by atoms with Crippen LogP contribution in [-0.2, 0) is 26.3 Å². The number of Topliss-reactive ketones (excluding diaryl/α,β-unsaturated/α-hetero) is 1. The number of carbonyl (C=O) groups is 2. The number of methoxy groups -OCH3 is 1. The Morgan fingerprint density at radius 3 is 2.96 bits per heavy atom. The Bertz CT molecular complexity index is 839. The van der Waals surface area contributed by atoms with Gasteiger partial charge >= 0.3 is 5.97 Å². The van der Waals surface area contributed by atoms with Gasteiger partial charge in [-0.05, 0) is 31.5 Å². The van der Waals surface area contributed by atoms with Crippen molar-refractivity contribution in [3.8, 4) is 11.5 Å². The summed E-state index contributed by atoms with van der Waals surface area (Å²) < 4.78 is 17.8. The summed E-state index contributed by atoms with van der Waals surface area (Å²) in [4.78, 5) is 27.2. The number of rotatable bonds is 2. The molecule has 5 rings (SSSR count). The lowest BCUT2D eigenvalue weighted by atomic mass is 9.55. The van der Waals surface area contributed by atoms with Crippen LogP contribution in [0.25, 0.3) is 0 Å². The van der Waals surface area contributed by atoms with Crippen LogP contribution in [-0.4, -0.2) is 55.2 Å². The minimum atomic E-state index is -0.858. The van der Waals surface area contributed by atoms with Gasteiger partial charge in [-0.1, -0.05) is 6.07 Å². The molecule has 7 nitrogen and oxygen atoms in total. The van der Waals surface area contributed by atoms with E-state index in [1.807, 2.05) is 19.2 Å². The van der Waals surface area contributed by atoms with Crippen LogP contribution in [0.4, 0.5) is 0 Å². The molecular weight excluding hydrogens is 336 g/mol. The molecule has 26 heavy (non-hydrogen) atoms. The van der Waals surface area contributed by atoms with Gasteiger partial charge in [0, 0.05) is 25.6 Å². The van der Waals surface area contributed by atoms with E-state index in [2.05, 4.69) is 10.2 Å². The molecular formula is C19H22N2O5. The highest BCUT2D eigenvalue weighted by molar-refractivity contribution is 5.90. The summed E-state index contributed by atoms with van der Waals surface area (Å²) in [6, 6.07) is 3.91. The van der Waals surface area contributed by atoms with Gasteiger partial charge in [0.1, 0.15) is 5.54 Å². The summed E-state index contributed by atoms with van der Waals surface area (Å²) in [5.74, 6) is 0.919. The van der Waals surface area contributed by atoms with Gasteiger partial charge in [0.2, 0.25) is 0 Å². The van der Waals surface area contributed by atoms with Crippen LogP contribution in [0.3, 0.4) is 0 Å². The van der Waals surface area contributed by atoms with Gasteiger partial charge < -0.3 is 14.2 Å². The van der Waals surface area contributed by atoms with Crippen LogP contribution >= 0.6 is 0 Å². The van der Waals surface area contributed by atoms with Crippen molar-refractivity contribution >= 4 is 11.8 Å². The van der Waals surface area contributed by atoms with E-state index in [1.54, 1.807) is 7.11 Å². The van der Waals surface area contributed by atoms with Crippen molar-refractivity contribution in [3.63, 3.8) is 0 Å².